The standard InChI is InChI=1S/C21H26N4O4/c1-4-14(5-2)24-21(28)25-15-8-11-18(17(12-15)20(27)23-3)29-16-9-6-13(7-10-16)19(22)26/h6-12,14H,4-5H2,1-3H3,(H2,22,26)(H,23,27)(H2,24,25,28). The second kappa shape index (κ2) is 10.1. The summed E-state index contributed by atoms with van der Waals surface area (Å²) in [5.41, 5.74) is 6.30. The number of benzene rings is 2. The highest BCUT2D eigenvalue weighted by Gasteiger charge is 2.15. The molecular formula is C21H26N4O4. The number of hydrogen-bond acceptors (Lipinski definition) is 4. The Hall–Kier alpha value is -3.55. The Morgan fingerprint density at radius 1 is 1.03 bits per heavy atom. The smallest absolute Gasteiger partial charge is 0.319 e. The summed E-state index contributed by atoms with van der Waals surface area (Å²) < 4.78 is 5.79. The molecule has 0 aliphatic carbocycles. The molecule has 0 fully saturated rings. The molecule has 0 spiro atoms. The number of anilines is 1. The molecule has 2 rings (SSSR count). The van der Waals surface area contributed by atoms with Crippen molar-refractivity contribution in [3.05, 3.63) is 53.6 Å². The number of primary amides is 1. The van der Waals surface area contributed by atoms with Crippen LogP contribution < -0.4 is 26.4 Å². The molecule has 0 radical (unpaired) electrons. The lowest BCUT2D eigenvalue weighted by Crippen LogP contribution is -2.37. The van der Waals surface area contributed by atoms with E-state index in [9.17, 15) is 14.4 Å². The van der Waals surface area contributed by atoms with Crippen LogP contribution in [0.5, 0.6) is 11.5 Å². The van der Waals surface area contributed by atoms with Gasteiger partial charge in [0, 0.05) is 24.3 Å². The van der Waals surface area contributed by atoms with Crippen LogP contribution in [-0.2, 0) is 0 Å². The first-order valence-corrected chi connectivity index (χ1v) is 9.39. The molecule has 4 amide bonds. The number of nitrogens with two attached hydrogens (primary N) is 1. The molecule has 8 heteroatoms. The van der Waals surface area contributed by atoms with Crippen LogP contribution in [0.4, 0.5) is 10.5 Å². The van der Waals surface area contributed by atoms with Gasteiger partial charge in [-0.1, -0.05) is 13.8 Å². The van der Waals surface area contributed by atoms with Crippen LogP contribution in [0.15, 0.2) is 42.5 Å². The molecule has 0 aromatic heterocycles. The van der Waals surface area contributed by atoms with Gasteiger partial charge in [-0.05, 0) is 55.3 Å². The highest BCUT2D eigenvalue weighted by atomic mass is 16.5. The van der Waals surface area contributed by atoms with E-state index in [4.69, 9.17) is 10.5 Å². The molecular weight excluding hydrogens is 372 g/mol. The molecule has 0 unspecified atom stereocenters. The summed E-state index contributed by atoms with van der Waals surface area (Å²) in [6.45, 7) is 4.00. The van der Waals surface area contributed by atoms with Gasteiger partial charge < -0.3 is 26.4 Å². The molecule has 8 nitrogen and oxygen atoms in total. The zero-order valence-electron chi connectivity index (χ0n) is 16.7. The van der Waals surface area contributed by atoms with E-state index >= 15 is 0 Å². The quantitative estimate of drug-likeness (QED) is 0.545. The average molecular weight is 398 g/mol. The van der Waals surface area contributed by atoms with Gasteiger partial charge in [0.2, 0.25) is 5.91 Å². The average Bonchev–Trinajstić information content (AvgIpc) is 2.72. The van der Waals surface area contributed by atoms with Crippen molar-refractivity contribution in [1.29, 1.82) is 0 Å². The lowest BCUT2D eigenvalue weighted by atomic mass is 10.1. The third-order valence-corrected chi connectivity index (χ3v) is 4.40. The van der Waals surface area contributed by atoms with E-state index in [1.54, 1.807) is 30.3 Å². The van der Waals surface area contributed by atoms with Crippen molar-refractivity contribution in [2.24, 2.45) is 5.73 Å². The van der Waals surface area contributed by atoms with Crippen LogP contribution in [-0.4, -0.2) is 30.9 Å². The predicted octanol–water partition coefficient (Wildman–Crippen LogP) is 3.25. The Bertz CT molecular complexity index is 877. The molecule has 2 aromatic carbocycles. The van der Waals surface area contributed by atoms with Gasteiger partial charge in [-0.15, -0.1) is 0 Å². The predicted molar refractivity (Wildman–Crippen MR) is 111 cm³/mol. The van der Waals surface area contributed by atoms with Gasteiger partial charge in [-0.25, -0.2) is 4.79 Å². The molecule has 5 N–H and O–H groups in total. The maximum atomic E-state index is 12.3. The van der Waals surface area contributed by atoms with Gasteiger partial charge in [-0.2, -0.15) is 0 Å². The normalized spacial score (nSPS) is 10.3. The van der Waals surface area contributed by atoms with E-state index in [0.29, 0.717) is 22.7 Å². The maximum absolute atomic E-state index is 12.3. The molecule has 0 saturated carbocycles. The fourth-order valence-electron chi connectivity index (χ4n) is 2.67. The summed E-state index contributed by atoms with van der Waals surface area (Å²) in [6, 6.07) is 10.8. The van der Waals surface area contributed by atoms with Crippen molar-refractivity contribution in [3.63, 3.8) is 0 Å². The Balaban J connectivity index is 2.21. The van der Waals surface area contributed by atoms with E-state index in [1.165, 1.54) is 19.2 Å². The van der Waals surface area contributed by atoms with Crippen LogP contribution in [0.1, 0.15) is 47.4 Å². The molecule has 0 bridgehead atoms. The summed E-state index contributed by atoms with van der Waals surface area (Å²) in [7, 11) is 1.51. The highest BCUT2D eigenvalue weighted by Crippen LogP contribution is 2.28. The van der Waals surface area contributed by atoms with Crippen molar-refractivity contribution < 1.29 is 19.1 Å². The minimum Gasteiger partial charge on any atom is -0.457 e. The first kappa shape index (κ1) is 21.7. The van der Waals surface area contributed by atoms with Crippen molar-refractivity contribution in [2.45, 2.75) is 32.7 Å². The second-order valence-electron chi connectivity index (χ2n) is 6.39. The molecule has 0 saturated heterocycles. The SMILES string of the molecule is CCC(CC)NC(=O)Nc1ccc(Oc2ccc(C(N)=O)cc2)c(C(=O)NC)c1. The van der Waals surface area contributed by atoms with Gasteiger partial charge in [0.1, 0.15) is 11.5 Å². The third-order valence-electron chi connectivity index (χ3n) is 4.40. The van der Waals surface area contributed by atoms with Crippen LogP contribution in [0.2, 0.25) is 0 Å². The van der Waals surface area contributed by atoms with E-state index in [1.807, 2.05) is 13.8 Å². The van der Waals surface area contributed by atoms with Crippen molar-refractivity contribution in [2.75, 3.05) is 12.4 Å². The maximum Gasteiger partial charge on any atom is 0.319 e. The van der Waals surface area contributed by atoms with Gasteiger partial charge in [0.15, 0.2) is 0 Å². The lowest BCUT2D eigenvalue weighted by molar-refractivity contribution is 0.0959. The van der Waals surface area contributed by atoms with Crippen molar-refractivity contribution >= 4 is 23.5 Å². The number of urea groups is 1. The van der Waals surface area contributed by atoms with Crippen LogP contribution in [0, 0.1) is 0 Å². The fourth-order valence-corrected chi connectivity index (χ4v) is 2.67. The number of carbonyl (C=O) groups excluding carboxylic acids is 3. The van der Waals surface area contributed by atoms with Gasteiger partial charge in [-0.3, -0.25) is 9.59 Å². The lowest BCUT2D eigenvalue weighted by Gasteiger charge is -2.16. The summed E-state index contributed by atoms with van der Waals surface area (Å²) in [4.78, 5) is 35.6. The minimum absolute atomic E-state index is 0.0828. The number of ether oxygens (including phenoxy) is 1. The largest absolute Gasteiger partial charge is 0.457 e. The van der Waals surface area contributed by atoms with Crippen LogP contribution in [0.25, 0.3) is 0 Å². The molecule has 29 heavy (non-hydrogen) atoms. The Kier molecular flexibility index (Phi) is 7.59. The Labute approximate surface area is 169 Å². The number of hydrogen-bond donors (Lipinski definition) is 4. The van der Waals surface area contributed by atoms with Crippen LogP contribution in [0.3, 0.4) is 0 Å². The summed E-state index contributed by atoms with van der Waals surface area (Å²) in [6.07, 6.45) is 1.66. The zero-order chi connectivity index (χ0) is 21.4. The van der Waals surface area contributed by atoms with Gasteiger partial charge >= 0.3 is 6.03 Å². The second-order valence-corrected chi connectivity index (χ2v) is 6.39. The van der Waals surface area contributed by atoms with Crippen LogP contribution >= 0.6 is 0 Å². The van der Waals surface area contributed by atoms with E-state index in [-0.39, 0.29) is 23.5 Å². The fraction of sp³-hybridized carbons (Fsp3) is 0.286. The summed E-state index contributed by atoms with van der Waals surface area (Å²) in [5, 5.41) is 8.17. The Morgan fingerprint density at radius 3 is 2.24 bits per heavy atom. The number of rotatable bonds is 8. The van der Waals surface area contributed by atoms with Gasteiger partial charge in [0.05, 0.1) is 5.56 Å². The Morgan fingerprint density at radius 2 is 1.69 bits per heavy atom. The summed E-state index contributed by atoms with van der Waals surface area (Å²) >= 11 is 0. The topological polar surface area (TPSA) is 123 Å². The molecule has 0 atom stereocenters. The number of amides is 4. The highest BCUT2D eigenvalue weighted by molar-refractivity contribution is 5.99. The number of carbonyl (C=O) groups is 3. The van der Waals surface area contributed by atoms with Gasteiger partial charge in [0.25, 0.3) is 5.91 Å². The van der Waals surface area contributed by atoms with E-state index in [2.05, 4.69) is 16.0 Å². The molecule has 0 heterocycles. The molecule has 0 aliphatic heterocycles. The van der Waals surface area contributed by atoms with Crippen molar-refractivity contribution in [3.8, 4) is 11.5 Å². The zero-order valence-corrected chi connectivity index (χ0v) is 16.7. The van der Waals surface area contributed by atoms with E-state index < -0.39 is 5.91 Å². The van der Waals surface area contributed by atoms with E-state index in [0.717, 1.165) is 12.8 Å². The summed E-state index contributed by atoms with van der Waals surface area (Å²) in [5.74, 6) is -0.156. The van der Waals surface area contributed by atoms with Crippen molar-refractivity contribution in [1.82, 2.24) is 10.6 Å². The first-order chi connectivity index (χ1) is 13.9. The third kappa shape index (κ3) is 5.97. The molecule has 2 aromatic rings. The first-order valence-electron chi connectivity index (χ1n) is 9.39. The monoisotopic (exact) mass is 398 g/mol. The molecule has 154 valence electrons. The number of nitrogens with one attached hydrogen (secondary N) is 3. The molecule has 0 aliphatic rings. The minimum atomic E-state index is -0.537.